The molecule has 98 valence electrons. The largest absolute Gasteiger partial charge is 0.313 e. The second kappa shape index (κ2) is 4.82. The lowest BCUT2D eigenvalue weighted by Crippen LogP contribution is -1.97. The lowest BCUT2D eigenvalue weighted by molar-refractivity contribution is -0.384. The van der Waals surface area contributed by atoms with Crippen LogP contribution in [0.15, 0.2) is 42.7 Å². The fourth-order valence-electron chi connectivity index (χ4n) is 1.90. The maximum absolute atomic E-state index is 11.0. The molecule has 3 aromatic rings. The van der Waals surface area contributed by atoms with E-state index in [1.54, 1.807) is 6.07 Å². The van der Waals surface area contributed by atoms with Crippen molar-refractivity contribution in [1.82, 2.24) is 15.0 Å². The van der Waals surface area contributed by atoms with Gasteiger partial charge in [0.1, 0.15) is 6.20 Å². The first-order valence-corrected chi connectivity index (χ1v) is 6.05. The van der Waals surface area contributed by atoms with Crippen molar-refractivity contribution in [3.63, 3.8) is 0 Å². The number of pyridine rings is 1. The van der Waals surface area contributed by atoms with Crippen molar-refractivity contribution in [2.24, 2.45) is 0 Å². The predicted molar refractivity (Wildman–Crippen MR) is 74.4 cm³/mol. The number of rotatable bonds is 2. The second-order valence-electron chi connectivity index (χ2n) is 4.05. The third-order valence-electron chi connectivity index (χ3n) is 2.80. The molecule has 0 saturated carbocycles. The third kappa shape index (κ3) is 2.17. The van der Waals surface area contributed by atoms with Crippen LogP contribution in [0.2, 0.25) is 5.28 Å². The molecule has 0 aliphatic carbocycles. The van der Waals surface area contributed by atoms with Crippen molar-refractivity contribution in [2.75, 3.05) is 0 Å². The molecular weight excluding hydrogens is 280 g/mol. The topological polar surface area (TPSA) is 81.8 Å². The Balaban J connectivity index is 2.24. The van der Waals surface area contributed by atoms with Crippen LogP contribution in [0.4, 0.5) is 5.69 Å². The minimum Gasteiger partial charge on any atom is -0.258 e. The van der Waals surface area contributed by atoms with Crippen LogP contribution in [0.25, 0.3) is 22.2 Å². The molecule has 1 aromatic carbocycles. The average molecular weight is 287 g/mol. The summed E-state index contributed by atoms with van der Waals surface area (Å²) in [7, 11) is 0. The van der Waals surface area contributed by atoms with Crippen LogP contribution in [0.1, 0.15) is 0 Å². The number of hydrogen-bond acceptors (Lipinski definition) is 5. The zero-order chi connectivity index (χ0) is 14.1. The molecule has 0 bridgehead atoms. The monoisotopic (exact) mass is 286 g/mol. The fraction of sp³-hybridized carbons (Fsp3) is 0. The molecule has 0 spiro atoms. The number of nitro groups is 1. The van der Waals surface area contributed by atoms with Gasteiger partial charge in [-0.25, -0.2) is 9.97 Å². The Morgan fingerprint density at radius 2 is 1.95 bits per heavy atom. The molecule has 0 unspecified atom stereocenters. The standard InChI is InChI=1S/C13H7ClN4O2/c14-13-16-7-11(18(19)20)12(17-13)9-5-8-3-1-2-4-10(8)15-6-9/h1-7H. The van der Waals surface area contributed by atoms with E-state index in [2.05, 4.69) is 15.0 Å². The number of para-hydroxylation sites is 1. The summed E-state index contributed by atoms with van der Waals surface area (Å²) in [6.45, 7) is 0. The van der Waals surface area contributed by atoms with E-state index >= 15 is 0 Å². The van der Waals surface area contributed by atoms with Crippen molar-refractivity contribution in [3.8, 4) is 11.3 Å². The van der Waals surface area contributed by atoms with Gasteiger partial charge in [0.25, 0.3) is 0 Å². The molecule has 0 atom stereocenters. The van der Waals surface area contributed by atoms with Crippen molar-refractivity contribution >= 4 is 28.2 Å². The number of halogens is 1. The molecule has 0 radical (unpaired) electrons. The highest BCUT2D eigenvalue weighted by atomic mass is 35.5. The van der Waals surface area contributed by atoms with E-state index in [1.165, 1.54) is 6.20 Å². The quantitative estimate of drug-likeness (QED) is 0.410. The Kier molecular flexibility index (Phi) is 3.00. The molecule has 7 heteroatoms. The van der Waals surface area contributed by atoms with Gasteiger partial charge in [0.2, 0.25) is 5.28 Å². The molecule has 0 aliphatic heterocycles. The smallest absolute Gasteiger partial charge is 0.258 e. The lowest BCUT2D eigenvalue weighted by Gasteiger charge is -2.03. The predicted octanol–water partition coefficient (Wildman–Crippen LogP) is 3.25. The van der Waals surface area contributed by atoms with E-state index in [4.69, 9.17) is 11.6 Å². The Labute approximate surface area is 118 Å². The summed E-state index contributed by atoms with van der Waals surface area (Å²) in [5.74, 6) is 0. The number of hydrogen-bond donors (Lipinski definition) is 0. The van der Waals surface area contributed by atoms with Gasteiger partial charge in [-0.05, 0) is 23.7 Å². The van der Waals surface area contributed by atoms with Crippen molar-refractivity contribution in [2.45, 2.75) is 0 Å². The van der Waals surface area contributed by atoms with Crippen LogP contribution in [0, 0.1) is 10.1 Å². The van der Waals surface area contributed by atoms with Gasteiger partial charge in [-0.3, -0.25) is 15.1 Å². The molecule has 3 rings (SSSR count). The molecule has 2 heterocycles. The van der Waals surface area contributed by atoms with Gasteiger partial charge in [-0.2, -0.15) is 0 Å². The summed E-state index contributed by atoms with van der Waals surface area (Å²) in [5.41, 5.74) is 1.29. The number of aromatic nitrogens is 3. The molecule has 0 N–H and O–H groups in total. The zero-order valence-electron chi connectivity index (χ0n) is 10.0. The average Bonchev–Trinajstić information content (AvgIpc) is 2.46. The number of benzene rings is 1. The highest BCUT2D eigenvalue weighted by Gasteiger charge is 2.19. The molecule has 0 aliphatic rings. The Bertz CT molecular complexity index is 822. The van der Waals surface area contributed by atoms with Gasteiger partial charge in [0.05, 0.1) is 10.4 Å². The SMILES string of the molecule is O=[N+]([O-])c1cnc(Cl)nc1-c1cnc2ccccc2c1. The third-order valence-corrected chi connectivity index (χ3v) is 2.98. The van der Waals surface area contributed by atoms with Crippen LogP contribution >= 0.6 is 11.6 Å². The minimum atomic E-state index is -0.541. The fourth-order valence-corrected chi connectivity index (χ4v) is 2.03. The van der Waals surface area contributed by atoms with Crippen molar-refractivity contribution < 1.29 is 4.92 Å². The van der Waals surface area contributed by atoms with E-state index in [1.807, 2.05) is 24.3 Å². The van der Waals surface area contributed by atoms with Crippen LogP contribution in [0.3, 0.4) is 0 Å². The van der Waals surface area contributed by atoms with Crippen LogP contribution < -0.4 is 0 Å². The van der Waals surface area contributed by atoms with Gasteiger partial charge in [0, 0.05) is 17.1 Å². The Morgan fingerprint density at radius 1 is 1.15 bits per heavy atom. The van der Waals surface area contributed by atoms with Gasteiger partial charge >= 0.3 is 5.69 Å². The summed E-state index contributed by atoms with van der Waals surface area (Å²) < 4.78 is 0. The summed E-state index contributed by atoms with van der Waals surface area (Å²) in [5, 5.41) is 11.9. The zero-order valence-corrected chi connectivity index (χ0v) is 10.8. The molecule has 0 amide bonds. The van der Waals surface area contributed by atoms with Crippen molar-refractivity contribution in [3.05, 3.63) is 58.1 Å². The van der Waals surface area contributed by atoms with E-state index in [0.29, 0.717) is 5.56 Å². The van der Waals surface area contributed by atoms with Gasteiger partial charge in [-0.15, -0.1) is 0 Å². The number of fused-ring (bicyclic) bond motifs is 1. The number of nitrogens with zero attached hydrogens (tertiary/aromatic N) is 4. The summed E-state index contributed by atoms with van der Waals surface area (Å²) in [6.07, 6.45) is 2.63. The van der Waals surface area contributed by atoms with Gasteiger partial charge < -0.3 is 0 Å². The van der Waals surface area contributed by atoms with E-state index in [-0.39, 0.29) is 16.7 Å². The molecule has 2 aromatic heterocycles. The maximum Gasteiger partial charge on any atom is 0.313 e. The minimum absolute atomic E-state index is 0.0428. The van der Waals surface area contributed by atoms with E-state index < -0.39 is 4.92 Å². The highest BCUT2D eigenvalue weighted by Crippen LogP contribution is 2.29. The summed E-state index contributed by atoms with van der Waals surface area (Å²) >= 11 is 5.72. The summed E-state index contributed by atoms with van der Waals surface area (Å²) in [4.78, 5) is 22.3. The van der Waals surface area contributed by atoms with Crippen LogP contribution in [-0.4, -0.2) is 19.9 Å². The first-order valence-electron chi connectivity index (χ1n) is 5.67. The van der Waals surface area contributed by atoms with E-state index in [9.17, 15) is 10.1 Å². The lowest BCUT2D eigenvalue weighted by atomic mass is 10.1. The second-order valence-corrected chi connectivity index (χ2v) is 4.38. The first-order chi connectivity index (χ1) is 9.65. The molecular formula is C13H7ClN4O2. The Morgan fingerprint density at radius 3 is 2.75 bits per heavy atom. The van der Waals surface area contributed by atoms with Gasteiger partial charge in [0.15, 0.2) is 5.69 Å². The normalized spacial score (nSPS) is 10.7. The molecule has 20 heavy (non-hydrogen) atoms. The molecule has 6 nitrogen and oxygen atoms in total. The molecule has 0 saturated heterocycles. The Hall–Kier alpha value is -2.60. The van der Waals surface area contributed by atoms with Crippen molar-refractivity contribution in [1.29, 1.82) is 0 Å². The maximum atomic E-state index is 11.0. The van der Waals surface area contributed by atoms with Crippen LogP contribution in [0.5, 0.6) is 0 Å². The molecule has 0 fully saturated rings. The van der Waals surface area contributed by atoms with Gasteiger partial charge in [-0.1, -0.05) is 18.2 Å². The summed E-state index contributed by atoms with van der Waals surface area (Å²) in [6, 6.07) is 9.27. The van der Waals surface area contributed by atoms with Crippen LogP contribution in [-0.2, 0) is 0 Å². The first kappa shape index (κ1) is 12.4. The van der Waals surface area contributed by atoms with E-state index in [0.717, 1.165) is 17.1 Å². The highest BCUT2D eigenvalue weighted by molar-refractivity contribution is 6.28.